The Morgan fingerprint density at radius 3 is 2.57 bits per heavy atom. The zero-order valence-electron chi connectivity index (χ0n) is 16.7. The molecule has 3 rings (SSSR count). The Morgan fingerprint density at radius 2 is 1.87 bits per heavy atom. The molecule has 3 aromatic rings. The van der Waals surface area contributed by atoms with Crippen molar-refractivity contribution in [3.8, 4) is 0 Å². The fraction of sp³-hybridized carbons (Fsp3) is 0.286. The van der Waals surface area contributed by atoms with E-state index in [-0.39, 0.29) is 30.0 Å². The van der Waals surface area contributed by atoms with E-state index in [1.165, 1.54) is 30.6 Å². The fourth-order valence-corrected chi connectivity index (χ4v) is 5.41. The molecule has 158 valence electrons. The number of ether oxygens (including phenoxy) is 1. The fourth-order valence-electron chi connectivity index (χ4n) is 2.93. The molecule has 0 atom stereocenters. The van der Waals surface area contributed by atoms with Crippen molar-refractivity contribution in [1.82, 2.24) is 4.57 Å². The number of hydrogen-bond donors (Lipinski definition) is 0. The van der Waals surface area contributed by atoms with Crippen LogP contribution in [0.4, 0.5) is 0 Å². The summed E-state index contributed by atoms with van der Waals surface area (Å²) in [7, 11) is -2.14. The molecule has 0 spiro atoms. The molecule has 7 nitrogen and oxygen atoms in total. The standard InChI is InChI=1S/C21H22N2O5S2/c1-15-10-11-17-18(13-15)29-21(23(17)14-20(25)28-2)22-19(24)9-6-12-30(26,27)16-7-4-3-5-8-16/h3-5,7-8,10-11,13H,6,9,12,14H2,1-2H3. The minimum atomic E-state index is -3.44. The number of aryl methyl sites for hydroxylation is 1. The molecule has 0 saturated heterocycles. The molecule has 0 aliphatic carbocycles. The van der Waals surface area contributed by atoms with Crippen LogP contribution in [0.5, 0.6) is 0 Å². The number of sulfone groups is 1. The van der Waals surface area contributed by atoms with Crippen molar-refractivity contribution in [1.29, 1.82) is 0 Å². The average Bonchev–Trinajstić information content (AvgIpc) is 3.04. The summed E-state index contributed by atoms with van der Waals surface area (Å²) in [5, 5.41) is 0. The van der Waals surface area contributed by atoms with Crippen LogP contribution in [0.1, 0.15) is 18.4 Å². The molecule has 9 heteroatoms. The number of nitrogens with zero attached hydrogens (tertiary/aromatic N) is 2. The number of esters is 1. The summed E-state index contributed by atoms with van der Waals surface area (Å²) in [6, 6.07) is 13.9. The minimum Gasteiger partial charge on any atom is -0.468 e. The Labute approximate surface area is 178 Å². The molecule has 0 unspecified atom stereocenters. The number of carbonyl (C=O) groups excluding carboxylic acids is 2. The summed E-state index contributed by atoms with van der Waals surface area (Å²) in [6.07, 6.45) is 0.165. The smallest absolute Gasteiger partial charge is 0.325 e. The number of fused-ring (bicyclic) bond motifs is 1. The Hall–Kier alpha value is -2.78. The van der Waals surface area contributed by atoms with Gasteiger partial charge in [-0.15, -0.1) is 0 Å². The number of benzene rings is 2. The van der Waals surface area contributed by atoms with Crippen LogP contribution in [0.15, 0.2) is 58.4 Å². The van der Waals surface area contributed by atoms with Gasteiger partial charge in [0, 0.05) is 6.42 Å². The molecular weight excluding hydrogens is 424 g/mol. The topological polar surface area (TPSA) is 94.8 Å². The van der Waals surface area contributed by atoms with Crippen molar-refractivity contribution in [3.63, 3.8) is 0 Å². The quantitative estimate of drug-likeness (QED) is 0.520. The number of carbonyl (C=O) groups is 2. The number of hydrogen-bond acceptors (Lipinski definition) is 6. The first-order valence-corrected chi connectivity index (χ1v) is 11.8. The first-order valence-electron chi connectivity index (χ1n) is 9.32. The van der Waals surface area contributed by atoms with Gasteiger partial charge in [0.15, 0.2) is 14.6 Å². The van der Waals surface area contributed by atoms with Crippen molar-refractivity contribution in [2.24, 2.45) is 4.99 Å². The largest absolute Gasteiger partial charge is 0.468 e. The van der Waals surface area contributed by atoms with Gasteiger partial charge < -0.3 is 9.30 Å². The molecule has 0 radical (unpaired) electrons. The van der Waals surface area contributed by atoms with E-state index in [0.29, 0.717) is 4.80 Å². The highest BCUT2D eigenvalue weighted by molar-refractivity contribution is 7.91. The van der Waals surface area contributed by atoms with Crippen molar-refractivity contribution < 1.29 is 22.7 Å². The Morgan fingerprint density at radius 1 is 1.13 bits per heavy atom. The van der Waals surface area contributed by atoms with Gasteiger partial charge in [0.05, 0.1) is 28.0 Å². The van der Waals surface area contributed by atoms with Gasteiger partial charge in [-0.1, -0.05) is 35.6 Å². The van der Waals surface area contributed by atoms with Gasteiger partial charge in [-0.25, -0.2) is 8.42 Å². The van der Waals surface area contributed by atoms with Crippen LogP contribution in [-0.2, 0) is 30.7 Å². The molecule has 0 aliphatic heterocycles. The van der Waals surface area contributed by atoms with E-state index in [2.05, 4.69) is 4.99 Å². The van der Waals surface area contributed by atoms with Crippen molar-refractivity contribution in [2.45, 2.75) is 31.2 Å². The van der Waals surface area contributed by atoms with Crippen LogP contribution in [0.2, 0.25) is 0 Å². The highest BCUT2D eigenvalue weighted by Gasteiger charge is 2.15. The highest BCUT2D eigenvalue weighted by atomic mass is 32.2. The third-order valence-corrected chi connectivity index (χ3v) is 7.34. The molecule has 1 aromatic heterocycles. The third kappa shape index (κ3) is 5.22. The number of aromatic nitrogens is 1. The predicted octanol–water partition coefficient (Wildman–Crippen LogP) is 2.87. The van der Waals surface area contributed by atoms with Gasteiger partial charge in [-0.05, 0) is 43.2 Å². The van der Waals surface area contributed by atoms with Crippen LogP contribution in [-0.4, -0.2) is 37.7 Å². The van der Waals surface area contributed by atoms with E-state index in [1.54, 1.807) is 22.8 Å². The van der Waals surface area contributed by atoms with Gasteiger partial charge in [0.25, 0.3) is 0 Å². The molecular formula is C21H22N2O5S2. The lowest BCUT2D eigenvalue weighted by molar-refractivity contribution is -0.141. The molecule has 1 heterocycles. The van der Waals surface area contributed by atoms with E-state index in [9.17, 15) is 18.0 Å². The Kier molecular flexibility index (Phi) is 6.84. The number of amides is 1. The summed E-state index contributed by atoms with van der Waals surface area (Å²) >= 11 is 1.30. The lowest BCUT2D eigenvalue weighted by Crippen LogP contribution is -2.22. The molecule has 1 amide bonds. The maximum atomic E-state index is 12.4. The molecule has 30 heavy (non-hydrogen) atoms. The van der Waals surface area contributed by atoms with Crippen LogP contribution in [0, 0.1) is 6.92 Å². The molecule has 0 fully saturated rings. The van der Waals surface area contributed by atoms with Crippen LogP contribution < -0.4 is 4.80 Å². The SMILES string of the molecule is COC(=O)Cn1c(=NC(=O)CCCS(=O)(=O)c2ccccc2)sc2cc(C)ccc21. The first kappa shape index (κ1) is 21.9. The maximum Gasteiger partial charge on any atom is 0.325 e. The van der Waals surface area contributed by atoms with Gasteiger partial charge >= 0.3 is 5.97 Å². The second-order valence-electron chi connectivity index (χ2n) is 6.76. The minimum absolute atomic E-state index is 0.00242. The number of rotatable bonds is 7. The van der Waals surface area contributed by atoms with Gasteiger partial charge in [0.1, 0.15) is 6.54 Å². The van der Waals surface area contributed by atoms with E-state index in [0.717, 1.165) is 15.8 Å². The summed E-state index contributed by atoms with van der Waals surface area (Å²) in [4.78, 5) is 29.0. The molecule has 0 N–H and O–H groups in total. The van der Waals surface area contributed by atoms with Crippen LogP contribution in [0.3, 0.4) is 0 Å². The van der Waals surface area contributed by atoms with Crippen molar-refractivity contribution in [2.75, 3.05) is 12.9 Å². The summed E-state index contributed by atoms with van der Waals surface area (Å²) in [5.74, 6) is -1.01. The van der Waals surface area contributed by atoms with E-state index in [4.69, 9.17) is 4.74 Å². The van der Waals surface area contributed by atoms with E-state index in [1.807, 2.05) is 25.1 Å². The summed E-state index contributed by atoms with van der Waals surface area (Å²) < 4.78 is 32.0. The Bertz CT molecular complexity index is 1240. The third-order valence-electron chi connectivity index (χ3n) is 4.48. The lowest BCUT2D eigenvalue weighted by Gasteiger charge is -2.04. The van der Waals surface area contributed by atoms with Crippen molar-refractivity contribution >= 4 is 43.3 Å². The zero-order chi connectivity index (χ0) is 21.7. The van der Waals surface area contributed by atoms with Crippen LogP contribution >= 0.6 is 11.3 Å². The van der Waals surface area contributed by atoms with Gasteiger partial charge in [-0.2, -0.15) is 4.99 Å². The Balaban J connectivity index is 1.79. The normalized spacial score (nSPS) is 12.3. The van der Waals surface area contributed by atoms with E-state index >= 15 is 0 Å². The van der Waals surface area contributed by atoms with Crippen LogP contribution in [0.25, 0.3) is 10.2 Å². The molecule has 2 aromatic carbocycles. The van der Waals surface area contributed by atoms with E-state index < -0.39 is 21.7 Å². The predicted molar refractivity (Wildman–Crippen MR) is 115 cm³/mol. The maximum absolute atomic E-state index is 12.4. The second-order valence-corrected chi connectivity index (χ2v) is 9.88. The van der Waals surface area contributed by atoms with Crippen molar-refractivity contribution in [3.05, 3.63) is 58.9 Å². The summed E-state index contributed by atoms with van der Waals surface area (Å²) in [5.41, 5.74) is 1.84. The lowest BCUT2D eigenvalue weighted by atomic mass is 10.2. The zero-order valence-corrected chi connectivity index (χ0v) is 18.3. The number of thiazole rings is 1. The van der Waals surface area contributed by atoms with Gasteiger partial charge in [0.2, 0.25) is 5.91 Å². The highest BCUT2D eigenvalue weighted by Crippen LogP contribution is 2.19. The monoisotopic (exact) mass is 446 g/mol. The second kappa shape index (κ2) is 9.36. The number of methoxy groups -OCH3 is 1. The summed E-state index contributed by atoms with van der Waals surface area (Å²) in [6.45, 7) is 1.90. The first-order chi connectivity index (χ1) is 14.3. The molecule has 0 saturated carbocycles. The van der Waals surface area contributed by atoms with Gasteiger partial charge in [-0.3, -0.25) is 9.59 Å². The average molecular weight is 447 g/mol. The molecule has 0 bridgehead atoms. The molecule has 0 aliphatic rings.